The molecule has 2 rings (SSSR count). The van der Waals surface area contributed by atoms with Gasteiger partial charge in [-0.25, -0.2) is 0 Å². The Morgan fingerprint density at radius 1 is 1.53 bits per heavy atom. The van der Waals surface area contributed by atoms with Crippen LogP contribution in [0.4, 0.5) is 11.4 Å². The molecule has 1 fully saturated rings. The summed E-state index contributed by atoms with van der Waals surface area (Å²) in [6, 6.07) is 4.29. The number of nitro benzene ring substituents is 1. The van der Waals surface area contributed by atoms with Gasteiger partial charge in [-0.1, -0.05) is 0 Å². The molecule has 2 unspecified atom stereocenters. The molecule has 19 heavy (non-hydrogen) atoms. The molecule has 0 saturated carbocycles. The van der Waals surface area contributed by atoms with E-state index in [-0.39, 0.29) is 18.3 Å². The zero-order valence-corrected chi connectivity index (χ0v) is 10.3. The van der Waals surface area contributed by atoms with Crippen molar-refractivity contribution >= 4 is 17.3 Å². The lowest BCUT2D eigenvalue weighted by Crippen LogP contribution is -2.33. The number of carbonyl (C=O) groups is 1. The van der Waals surface area contributed by atoms with E-state index in [9.17, 15) is 14.9 Å². The highest BCUT2D eigenvalue weighted by atomic mass is 16.6. The zero-order valence-electron chi connectivity index (χ0n) is 10.3. The van der Waals surface area contributed by atoms with E-state index in [4.69, 9.17) is 9.84 Å². The van der Waals surface area contributed by atoms with Gasteiger partial charge in [0, 0.05) is 17.3 Å². The SMILES string of the molecule is Cc1cc(NC2COCC2C(=O)O)ccc1[N+](=O)[O-]. The Bertz CT molecular complexity index is 517. The van der Waals surface area contributed by atoms with Crippen molar-refractivity contribution < 1.29 is 19.6 Å². The Labute approximate surface area is 109 Å². The standard InChI is InChI=1S/C12H14N2O5/c1-7-4-8(2-3-11(7)14(17)18)13-10-6-19-5-9(10)12(15)16/h2-4,9-10,13H,5-6H2,1H3,(H,15,16). The van der Waals surface area contributed by atoms with Crippen molar-refractivity contribution in [1.82, 2.24) is 0 Å². The largest absolute Gasteiger partial charge is 0.481 e. The summed E-state index contributed by atoms with van der Waals surface area (Å²) in [7, 11) is 0. The van der Waals surface area contributed by atoms with Gasteiger partial charge in [0.25, 0.3) is 5.69 Å². The first-order valence-electron chi connectivity index (χ1n) is 5.81. The van der Waals surface area contributed by atoms with E-state index in [1.807, 2.05) is 0 Å². The van der Waals surface area contributed by atoms with Gasteiger partial charge in [-0.3, -0.25) is 14.9 Å². The number of anilines is 1. The number of nitrogens with one attached hydrogen (secondary N) is 1. The van der Waals surface area contributed by atoms with Crippen molar-refractivity contribution in [2.75, 3.05) is 18.5 Å². The van der Waals surface area contributed by atoms with Crippen molar-refractivity contribution in [3.63, 3.8) is 0 Å². The number of hydrogen-bond acceptors (Lipinski definition) is 5. The van der Waals surface area contributed by atoms with Crippen molar-refractivity contribution in [1.29, 1.82) is 0 Å². The van der Waals surface area contributed by atoms with Crippen LogP contribution in [-0.4, -0.2) is 35.3 Å². The average Bonchev–Trinajstić information content (AvgIpc) is 2.76. The predicted octanol–water partition coefficient (Wildman–Crippen LogP) is 1.41. The maximum absolute atomic E-state index is 11.0. The van der Waals surface area contributed by atoms with Crippen LogP contribution in [0.1, 0.15) is 5.56 Å². The molecule has 2 atom stereocenters. The minimum Gasteiger partial charge on any atom is -0.481 e. The number of aryl methyl sites for hydroxylation is 1. The third-order valence-corrected chi connectivity index (χ3v) is 3.14. The van der Waals surface area contributed by atoms with E-state index in [2.05, 4.69) is 5.32 Å². The quantitative estimate of drug-likeness (QED) is 0.631. The van der Waals surface area contributed by atoms with Crippen molar-refractivity contribution in [3.05, 3.63) is 33.9 Å². The highest BCUT2D eigenvalue weighted by Crippen LogP contribution is 2.24. The topological polar surface area (TPSA) is 102 Å². The van der Waals surface area contributed by atoms with Crippen molar-refractivity contribution in [2.45, 2.75) is 13.0 Å². The number of hydrogen-bond donors (Lipinski definition) is 2. The van der Waals surface area contributed by atoms with Crippen LogP contribution in [0.15, 0.2) is 18.2 Å². The second-order valence-electron chi connectivity index (χ2n) is 4.49. The number of nitrogens with zero attached hydrogens (tertiary/aromatic N) is 1. The first-order chi connectivity index (χ1) is 8.99. The van der Waals surface area contributed by atoms with Crippen LogP contribution >= 0.6 is 0 Å². The maximum Gasteiger partial charge on any atom is 0.311 e. The van der Waals surface area contributed by atoms with Gasteiger partial charge >= 0.3 is 5.97 Å². The molecule has 0 amide bonds. The van der Waals surface area contributed by atoms with E-state index in [1.165, 1.54) is 6.07 Å². The summed E-state index contributed by atoms with van der Waals surface area (Å²) in [6.45, 7) is 2.13. The van der Waals surface area contributed by atoms with Gasteiger partial charge in [-0.2, -0.15) is 0 Å². The molecule has 0 aromatic heterocycles. The van der Waals surface area contributed by atoms with Gasteiger partial charge in [-0.05, 0) is 19.1 Å². The summed E-state index contributed by atoms with van der Waals surface area (Å²) in [5, 5.41) is 22.8. The lowest BCUT2D eigenvalue weighted by molar-refractivity contribution is -0.385. The maximum atomic E-state index is 11.0. The number of ether oxygens (including phenoxy) is 1. The third kappa shape index (κ3) is 2.82. The van der Waals surface area contributed by atoms with Gasteiger partial charge < -0.3 is 15.2 Å². The Balaban J connectivity index is 2.13. The molecular formula is C12H14N2O5. The van der Waals surface area contributed by atoms with Crippen molar-refractivity contribution in [2.24, 2.45) is 5.92 Å². The van der Waals surface area contributed by atoms with Crippen LogP contribution in [0.3, 0.4) is 0 Å². The Kier molecular flexibility index (Phi) is 3.66. The fraction of sp³-hybridized carbons (Fsp3) is 0.417. The molecule has 7 nitrogen and oxygen atoms in total. The summed E-state index contributed by atoms with van der Waals surface area (Å²) in [4.78, 5) is 21.3. The zero-order chi connectivity index (χ0) is 14.0. The van der Waals surface area contributed by atoms with Crippen LogP contribution in [0.25, 0.3) is 0 Å². The van der Waals surface area contributed by atoms with Crippen LogP contribution in [0, 0.1) is 23.0 Å². The highest BCUT2D eigenvalue weighted by Gasteiger charge is 2.34. The minimum absolute atomic E-state index is 0.0445. The summed E-state index contributed by atoms with van der Waals surface area (Å²) < 4.78 is 5.14. The monoisotopic (exact) mass is 266 g/mol. The number of rotatable bonds is 4. The van der Waals surface area contributed by atoms with Gasteiger partial charge in [0.15, 0.2) is 0 Å². The lowest BCUT2D eigenvalue weighted by atomic mass is 10.0. The summed E-state index contributed by atoms with van der Waals surface area (Å²) >= 11 is 0. The van der Waals surface area contributed by atoms with Gasteiger partial charge in [0.2, 0.25) is 0 Å². The molecule has 7 heteroatoms. The predicted molar refractivity (Wildman–Crippen MR) is 67.2 cm³/mol. The Morgan fingerprint density at radius 3 is 2.84 bits per heavy atom. The minimum atomic E-state index is -0.909. The molecule has 2 N–H and O–H groups in total. The fourth-order valence-electron chi connectivity index (χ4n) is 2.10. The molecule has 0 radical (unpaired) electrons. The van der Waals surface area contributed by atoms with Crippen LogP contribution in [0.2, 0.25) is 0 Å². The van der Waals surface area contributed by atoms with Gasteiger partial charge in [-0.15, -0.1) is 0 Å². The molecule has 1 aliphatic heterocycles. The highest BCUT2D eigenvalue weighted by molar-refractivity contribution is 5.72. The van der Waals surface area contributed by atoms with Crippen molar-refractivity contribution in [3.8, 4) is 0 Å². The van der Waals surface area contributed by atoms with Crippen LogP contribution in [-0.2, 0) is 9.53 Å². The van der Waals surface area contributed by atoms with E-state index in [0.29, 0.717) is 17.9 Å². The second kappa shape index (κ2) is 5.23. The molecule has 0 aliphatic carbocycles. The summed E-state index contributed by atoms with van der Waals surface area (Å²) in [6.07, 6.45) is 0. The fourth-order valence-corrected chi connectivity index (χ4v) is 2.10. The van der Waals surface area contributed by atoms with Gasteiger partial charge in [0.1, 0.15) is 5.92 Å². The van der Waals surface area contributed by atoms with E-state index < -0.39 is 16.8 Å². The van der Waals surface area contributed by atoms with Crippen LogP contribution < -0.4 is 5.32 Å². The molecule has 1 aromatic rings. The van der Waals surface area contributed by atoms with E-state index >= 15 is 0 Å². The number of aliphatic carboxylic acids is 1. The number of nitro groups is 1. The first-order valence-corrected chi connectivity index (χ1v) is 5.81. The van der Waals surface area contributed by atoms with E-state index in [0.717, 1.165) is 0 Å². The number of benzene rings is 1. The second-order valence-corrected chi connectivity index (χ2v) is 4.49. The molecular weight excluding hydrogens is 252 g/mol. The third-order valence-electron chi connectivity index (χ3n) is 3.14. The number of carboxylic acids is 1. The first kappa shape index (κ1) is 13.3. The molecule has 1 heterocycles. The normalized spacial score (nSPS) is 22.2. The molecule has 1 aliphatic rings. The Hall–Kier alpha value is -2.15. The average molecular weight is 266 g/mol. The molecule has 0 spiro atoms. The van der Waals surface area contributed by atoms with E-state index in [1.54, 1.807) is 19.1 Å². The Morgan fingerprint density at radius 2 is 2.26 bits per heavy atom. The van der Waals surface area contributed by atoms with Crippen LogP contribution in [0.5, 0.6) is 0 Å². The molecule has 1 aromatic carbocycles. The molecule has 102 valence electrons. The molecule has 1 saturated heterocycles. The summed E-state index contributed by atoms with van der Waals surface area (Å²) in [5.41, 5.74) is 1.23. The molecule has 0 bridgehead atoms. The smallest absolute Gasteiger partial charge is 0.311 e. The number of carboxylic acid groups (broad SMARTS) is 1. The van der Waals surface area contributed by atoms with Gasteiger partial charge in [0.05, 0.1) is 24.2 Å². The lowest BCUT2D eigenvalue weighted by Gasteiger charge is -2.17. The summed E-state index contributed by atoms with van der Waals surface area (Å²) in [5.74, 6) is -1.51.